The fourth-order valence-corrected chi connectivity index (χ4v) is 2.06. The number of ether oxygens (including phenoxy) is 2. The zero-order valence-corrected chi connectivity index (χ0v) is 10.7. The molecule has 88 valence electrons. The molecule has 0 atom stereocenters. The Morgan fingerprint density at radius 3 is 2.88 bits per heavy atom. The quantitative estimate of drug-likeness (QED) is 0.919. The van der Waals surface area contributed by atoms with Gasteiger partial charge in [0.2, 0.25) is 5.88 Å². The number of hydrogen-bond acceptors (Lipinski definition) is 5. The Morgan fingerprint density at radius 2 is 2.19 bits per heavy atom. The molecule has 1 aliphatic rings. The Hall–Kier alpha value is -0.880. The number of anilines is 1. The average molecular weight is 288 g/mol. The molecule has 1 saturated heterocycles. The van der Waals surface area contributed by atoms with Crippen molar-refractivity contribution in [1.82, 2.24) is 9.97 Å². The van der Waals surface area contributed by atoms with Crippen molar-refractivity contribution in [3.8, 4) is 5.88 Å². The monoisotopic (exact) mass is 287 g/mol. The van der Waals surface area contributed by atoms with Crippen LogP contribution in [0.3, 0.4) is 0 Å². The van der Waals surface area contributed by atoms with Crippen molar-refractivity contribution >= 4 is 21.7 Å². The molecule has 0 bridgehead atoms. The second kappa shape index (κ2) is 5.45. The molecular formula is C10H14BrN3O2. The van der Waals surface area contributed by atoms with Gasteiger partial charge < -0.3 is 14.8 Å². The summed E-state index contributed by atoms with van der Waals surface area (Å²) in [5, 5.41) is 2.97. The van der Waals surface area contributed by atoms with Crippen molar-refractivity contribution < 1.29 is 9.47 Å². The lowest BCUT2D eigenvalue weighted by Crippen LogP contribution is -2.26. The molecule has 1 aromatic rings. The highest BCUT2D eigenvalue weighted by atomic mass is 79.9. The highest BCUT2D eigenvalue weighted by Crippen LogP contribution is 2.29. The predicted molar refractivity (Wildman–Crippen MR) is 63.7 cm³/mol. The van der Waals surface area contributed by atoms with Crippen LogP contribution in [0.1, 0.15) is 12.8 Å². The van der Waals surface area contributed by atoms with Crippen molar-refractivity contribution in [3.63, 3.8) is 0 Å². The molecule has 2 rings (SSSR count). The summed E-state index contributed by atoms with van der Waals surface area (Å²) in [5.74, 6) is 1.32. The summed E-state index contributed by atoms with van der Waals surface area (Å²) in [6.07, 6.45) is 3.49. The van der Waals surface area contributed by atoms with Gasteiger partial charge in [-0.15, -0.1) is 0 Å². The van der Waals surface area contributed by atoms with Gasteiger partial charge in [-0.05, 0) is 15.9 Å². The van der Waals surface area contributed by atoms with Gasteiger partial charge in [-0.1, -0.05) is 0 Å². The minimum Gasteiger partial charge on any atom is -0.473 e. The number of hydrogen-bond donors (Lipinski definition) is 1. The highest BCUT2D eigenvalue weighted by molar-refractivity contribution is 9.10. The summed E-state index contributed by atoms with van der Waals surface area (Å²) in [7, 11) is 1.81. The number of nitrogens with one attached hydrogen (secondary N) is 1. The van der Waals surface area contributed by atoms with Gasteiger partial charge in [0.05, 0.1) is 13.2 Å². The molecular weight excluding hydrogens is 274 g/mol. The Kier molecular flexibility index (Phi) is 3.95. The van der Waals surface area contributed by atoms with Gasteiger partial charge in [0, 0.05) is 19.9 Å². The minimum atomic E-state index is 0.185. The van der Waals surface area contributed by atoms with E-state index in [2.05, 4.69) is 31.2 Å². The maximum atomic E-state index is 5.81. The summed E-state index contributed by atoms with van der Waals surface area (Å²) in [4.78, 5) is 8.20. The van der Waals surface area contributed by atoms with E-state index in [1.807, 2.05) is 7.05 Å². The number of halogens is 1. The minimum absolute atomic E-state index is 0.185. The third-order valence-corrected chi connectivity index (χ3v) is 3.16. The van der Waals surface area contributed by atoms with E-state index in [4.69, 9.17) is 9.47 Å². The Balaban J connectivity index is 2.08. The third-order valence-electron chi connectivity index (χ3n) is 2.44. The molecule has 0 radical (unpaired) electrons. The van der Waals surface area contributed by atoms with Crippen LogP contribution in [0.2, 0.25) is 0 Å². The maximum absolute atomic E-state index is 5.81. The van der Waals surface area contributed by atoms with E-state index in [1.165, 1.54) is 6.33 Å². The fourth-order valence-electron chi connectivity index (χ4n) is 1.56. The summed E-state index contributed by atoms with van der Waals surface area (Å²) in [6, 6.07) is 0. The van der Waals surface area contributed by atoms with E-state index >= 15 is 0 Å². The topological polar surface area (TPSA) is 56.3 Å². The first kappa shape index (κ1) is 11.6. The zero-order chi connectivity index (χ0) is 11.4. The number of nitrogens with zero attached hydrogens (tertiary/aromatic N) is 2. The van der Waals surface area contributed by atoms with Crippen LogP contribution in [-0.4, -0.2) is 36.3 Å². The van der Waals surface area contributed by atoms with Crippen LogP contribution in [0.4, 0.5) is 5.82 Å². The van der Waals surface area contributed by atoms with Gasteiger partial charge in [0.25, 0.3) is 0 Å². The Bertz CT molecular complexity index is 356. The molecule has 1 aromatic heterocycles. The molecule has 0 saturated carbocycles. The van der Waals surface area contributed by atoms with Gasteiger partial charge in [-0.3, -0.25) is 0 Å². The lowest BCUT2D eigenvalue weighted by molar-refractivity contribution is 0.0234. The molecule has 0 amide bonds. The van der Waals surface area contributed by atoms with E-state index in [0.717, 1.165) is 36.3 Å². The van der Waals surface area contributed by atoms with E-state index in [1.54, 1.807) is 0 Å². The van der Waals surface area contributed by atoms with Crippen molar-refractivity contribution in [2.45, 2.75) is 18.9 Å². The van der Waals surface area contributed by atoms with Crippen LogP contribution >= 0.6 is 15.9 Å². The van der Waals surface area contributed by atoms with E-state index in [9.17, 15) is 0 Å². The average Bonchev–Trinajstić information content (AvgIpc) is 2.33. The van der Waals surface area contributed by atoms with Gasteiger partial charge in [0.15, 0.2) is 0 Å². The number of rotatable bonds is 3. The molecule has 5 nitrogen and oxygen atoms in total. The molecule has 0 spiro atoms. The summed E-state index contributed by atoms with van der Waals surface area (Å²) in [5.41, 5.74) is 0. The first-order valence-electron chi connectivity index (χ1n) is 5.24. The first-order valence-corrected chi connectivity index (χ1v) is 6.03. The first-order chi connectivity index (χ1) is 7.81. The molecule has 0 aromatic carbocycles. The highest BCUT2D eigenvalue weighted by Gasteiger charge is 2.18. The van der Waals surface area contributed by atoms with E-state index in [-0.39, 0.29) is 6.10 Å². The molecule has 6 heteroatoms. The van der Waals surface area contributed by atoms with Crippen LogP contribution in [0.5, 0.6) is 5.88 Å². The van der Waals surface area contributed by atoms with Crippen LogP contribution in [0.25, 0.3) is 0 Å². The van der Waals surface area contributed by atoms with Gasteiger partial charge in [0.1, 0.15) is 22.7 Å². The fraction of sp³-hybridized carbons (Fsp3) is 0.600. The van der Waals surface area contributed by atoms with Crippen molar-refractivity contribution in [1.29, 1.82) is 0 Å². The molecule has 0 unspecified atom stereocenters. The summed E-state index contributed by atoms with van der Waals surface area (Å²) < 4.78 is 11.9. The van der Waals surface area contributed by atoms with Crippen molar-refractivity contribution in [2.75, 3.05) is 25.6 Å². The van der Waals surface area contributed by atoms with Gasteiger partial charge in [-0.25, -0.2) is 9.97 Å². The lowest BCUT2D eigenvalue weighted by Gasteiger charge is -2.23. The lowest BCUT2D eigenvalue weighted by atomic mass is 10.2. The van der Waals surface area contributed by atoms with E-state index < -0.39 is 0 Å². The molecule has 0 aliphatic carbocycles. The van der Waals surface area contributed by atoms with Crippen LogP contribution in [-0.2, 0) is 4.74 Å². The second-order valence-corrected chi connectivity index (χ2v) is 4.31. The molecule has 2 heterocycles. The molecule has 1 aliphatic heterocycles. The largest absolute Gasteiger partial charge is 0.473 e. The summed E-state index contributed by atoms with van der Waals surface area (Å²) in [6.45, 7) is 1.51. The van der Waals surface area contributed by atoms with Crippen LogP contribution < -0.4 is 10.1 Å². The van der Waals surface area contributed by atoms with Crippen molar-refractivity contribution in [3.05, 3.63) is 10.8 Å². The van der Waals surface area contributed by atoms with Gasteiger partial charge >= 0.3 is 0 Å². The predicted octanol–water partition coefficient (Wildman–Crippen LogP) is 1.84. The SMILES string of the molecule is CNc1ncnc(OC2CCOCC2)c1Br. The smallest absolute Gasteiger partial charge is 0.233 e. The Morgan fingerprint density at radius 1 is 1.44 bits per heavy atom. The third kappa shape index (κ3) is 2.62. The molecule has 1 fully saturated rings. The standard InChI is InChI=1S/C10H14BrN3O2/c1-12-9-8(11)10(14-6-13-9)16-7-2-4-15-5-3-7/h6-7H,2-5H2,1H3,(H,12,13,14). The zero-order valence-electron chi connectivity index (χ0n) is 9.07. The Labute approximate surface area is 103 Å². The normalized spacial score (nSPS) is 17.1. The van der Waals surface area contributed by atoms with Crippen LogP contribution in [0, 0.1) is 0 Å². The van der Waals surface area contributed by atoms with Crippen LogP contribution in [0.15, 0.2) is 10.8 Å². The van der Waals surface area contributed by atoms with Crippen molar-refractivity contribution in [2.24, 2.45) is 0 Å². The van der Waals surface area contributed by atoms with E-state index in [0.29, 0.717) is 5.88 Å². The maximum Gasteiger partial charge on any atom is 0.233 e. The summed E-state index contributed by atoms with van der Waals surface area (Å²) >= 11 is 3.42. The molecule has 16 heavy (non-hydrogen) atoms. The van der Waals surface area contributed by atoms with Gasteiger partial charge in [-0.2, -0.15) is 0 Å². The number of aromatic nitrogens is 2. The second-order valence-electron chi connectivity index (χ2n) is 3.52. The molecule has 1 N–H and O–H groups in total.